The van der Waals surface area contributed by atoms with E-state index in [0.717, 1.165) is 0 Å². The van der Waals surface area contributed by atoms with E-state index in [4.69, 9.17) is 9.47 Å². The van der Waals surface area contributed by atoms with Crippen LogP contribution in [0.5, 0.6) is 5.75 Å². The lowest BCUT2D eigenvalue weighted by Gasteiger charge is -2.36. The van der Waals surface area contributed by atoms with E-state index in [1.54, 1.807) is 24.3 Å². The summed E-state index contributed by atoms with van der Waals surface area (Å²) in [7, 11) is 2.51. The first kappa shape index (κ1) is 23.5. The first-order valence-corrected chi connectivity index (χ1v) is 11.8. The number of Topliss-reactive ketones (excluding diaryl/α,β-unsaturated/α-hetero) is 1. The highest BCUT2D eigenvalue weighted by atomic mass is 16.5. The fourth-order valence-electron chi connectivity index (χ4n) is 6.20. The van der Waals surface area contributed by atoms with Gasteiger partial charge in [0.15, 0.2) is 16.6 Å². The zero-order valence-electron chi connectivity index (χ0n) is 20.1. The van der Waals surface area contributed by atoms with Crippen LogP contribution in [-0.2, 0) is 30.3 Å². The van der Waals surface area contributed by atoms with E-state index >= 15 is 0 Å². The molecule has 3 aromatic carbocycles. The van der Waals surface area contributed by atoms with Gasteiger partial charge in [-0.15, -0.1) is 0 Å². The molecule has 3 aromatic rings. The third-order valence-electron chi connectivity index (χ3n) is 7.61. The molecule has 0 aliphatic heterocycles. The summed E-state index contributed by atoms with van der Waals surface area (Å²) in [6.07, 6.45) is 0.257. The van der Waals surface area contributed by atoms with E-state index in [0.29, 0.717) is 27.8 Å². The maximum atomic E-state index is 14.6. The Labute approximate surface area is 209 Å². The van der Waals surface area contributed by atoms with Crippen molar-refractivity contribution in [1.29, 1.82) is 0 Å². The Kier molecular flexibility index (Phi) is 5.75. The number of methoxy groups -OCH3 is 2. The Hall–Kier alpha value is -4.19. The number of hydrogen-bond acceptors (Lipinski definition) is 6. The average molecular weight is 483 g/mol. The Morgan fingerprint density at radius 2 is 1.33 bits per heavy atom. The molecule has 5 rings (SSSR count). The molecular formula is C30H26O6. The fraction of sp³-hybridized carbons (Fsp3) is 0.233. The van der Waals surface area contributed by atoms with Gasteiger partial charge in [0.25, 0.3) is 0 Å². The number of para-hydroxylation sites is 1. The first-order valence-electron chi connectivity index (χ1n) is 11.8. The van der Waals surface area contributed by atoms with Crippen LogP contribution in [0, 0.1) is 16.7 Å². The van der Waals surface area contributed by atoms with Gasteiger partial charge in [0.2, 0.25) is 0 Å². The highest BCUT2D eigenvalue weighted by molar-refractivity contribution is 6.37. The number of benzene rings is 3. The number of ketones is 1. The second-order valence-corrected chi connectivity index (χ2v) is 9.24. The molecule has 6 heteroatoms. The minimum atomic E-state index is -1.75. The number of hydrogen-bond donors (Lipinski definition) is 1. The maximum absolute atomic E-state index is 14.6. The average Bonchev–Trinajstić information content (AvgIpc) is 3.31. The summed E-state index contributed by atoms with van der Waals surface area (Å²) in [6.45, 7) is 0. The number of phenolic OH excluding ortho intramolecular Hbond substituents is 1. The zero-order chi connectivity index (χ0) is 25.5. The van der Waals surface area contributed by atoms with Gasteiger partial charge in [-0.2, -0.15) is 0 Å². The van der Waals surface area contributed by atoms with Crippen molar-refractivity contribution in [2.75, 3.05) is 14.2 Å². The van der Waals surface area contributed by atoms with Crippen LogP contribution in [0.15, 0.2) is 84.9 Å². The molecule has 0 unspecified atom stereocenters. The van der Waals surface area contributed by atoms with Gasteiger partial charge in [0.1, 0.15) is 5.75 Å². The molecule has 3 atom stereocenters. The van der Waals surface area contributed by atoms with E-state index in [1.807, 2.05) is 60.7 Å². The number of rotatable bonds is 6. The van der Waals surface area contributed by atoms with Crippen LogP contribution in [0.4, 0.5) is 0 Å². The predicted molar refractivity (Wildman–Crippen MR) is 134 cm³/mol. The summed E-state index contributed by atoms with van der Waals surface area (Å²) in [4.78, 5) is 42.0. The summed E-state index contributed by atoms with van der Waals surface area (Å²) in [5.74, 6) is -2.54. The van der Waals surface area contributed by atoms with E-state index in [-0.39, 0.29) is 18.6 Å². The van der Waals surface area contributed by atoms with Gasteiger partial charge in [0, 0.05) is 0 Å². The fourth-order valence-corrected chi connectivity index (χ4v) is 6.20. The number of carbonyl (C=O) groups is 3. The van der Waals surface area contributed by atoms with Gasteiger partial charge in [-0.25, -0.2) is 0 Å². The van der Waals surface area contributed by atoms with Crippen LogP contribution in [-0.4, -0.2) is 37.0 Å². The molecule has 1 N–H and O–H groups in total. The molecule has 2 bridgehead atoms. The largest absolute Gasteiger partial charge is 0.508 e. The highest BCUT2D eigenvalue weighted by Crippen LogP contribution is 2.70. The predicted octanol–water partition coefficient (Wildman–Crippen LogP) is 4.47. The molecule has 0 radical (unpaired) electrons. The molecule has 0 spiro atoms. The smallest absolute Gasteiger partial charge is 0.324 e. The van der Waals surface area contributed by atoms with Crippen molar-refractivity contribution in [2.45, 2.75) is 12.8 Å². The molecule has 0 saturated heterocycles. The normalized spacial score (nSPS) is 24.6. The Morgan fingerprint density at radius 3 is 1.89 bits per heavy atom. The number of fused-ring (bicyclic) bond motifs is 2. The van der Waals surface area contributed by atoms with Crippen molar-refractivity contribution < 1.29 is 29.0 Å². The highest BCUT2D eigenvalue weighted by Gasteiger charge is 2.77. The van der Waals surface area contributed by atoms with Crippen LogP contribution >= 0.6 is 0 Å². The standard InChI is InChI=1S/C30H26O6/c1-35-27(33)29-18-22(17-21-15-9-10-16-23(21)31)30(26(29)32,28(34)36-2)25(20-13-7-4-8-14-20)24(29)19-11-5-3-6-12-19/h3-16,22,31H,17-18H2,1-2H3/t22-,29+,30-/m0/s1. The van der Waals surface area contributed by atoms with Gasteiger partial charge in [0.05, 0.1) is 14.2 Å². The van der Waals surface area contributed by atoms with Crippen molar-refractivity contribution in [3.63, 3.8) is 0 Å². The third kappa shape index (κ3) is 3.07. The van der Waals surface area contributed by atoms with Gasteiger partial charge < -0.3 is 14.6 Å². The number of phenols is 1. The SMILES string of the molecule is COC(=O)[C@@]12C[C@H](Cc3ccccc3O)[C@@](C(=O)OC)(C1=O)C(c1ccccc1)=C2c1ccccc1. The summed E-state index contributed by atoms with van der Waals surface area (Å²) < 4.78 is 10.6. The molecular weight excluding hydrogens is 456 g/mol. The lowest BCUT2D eigenvalue weighted by Crippen LogP contribution is -2.43. The molecule has 0 aromatic heterocycles. The van der Waals surface area contributed by atoms with Crippen LogP contribution in [0.1, 0.15) is 23.1 Å². The first-order chi connectivity index (χ1) is 17.4. The van der Waals surface area contributed by atoms with E-state index < -0.39 is 34.5 Å². The molecule has 6 nitrogen and oxygen atoms in total. The molecule has 182 valence electrons. The molecule has 2 aliphatic rings. The van der Waals surface area contributed by atoms with Gasteiger partial charge in [-0.05, 0) is 52.7 Å². The van der Waals surface area contributed by atoms with Crippen LogP contribution in [0.25, 0.3) is 11.1 Å². The van der Waals surface area contributed by atoms with E-state index in [1.165, 1.54) is 14.2 Å². The summed E-state index contributed by atoms with van der Waals surface area (Å²) >= 11 is 0. The van der Waals surface area contributed by atoms with Crippen LogP contribution < -0.4 is 0 Å². The molecule has 2 aliphatic carbocycles. The van der Waals surface area contributed by atoms with Crippen molar-refractivity contribution in [1.82, 2.24) is 0 Å². The summed E-state index contributed by atoms with van der Waals surface area (Å²) in [5.41, 5.74) is -0.597. The van der Waals surface area contributed by atoms with E-state index in [9.17, 15) is 19.5 Å². The third-order valence-corrected chi connectivity index (χ3v) is 7.61. The number of carbonyl (C=O) groups excluding carboxylic acids is 3. The quantitative estimate of drug-likeness (QED) is 0.412. The molecule has 0 amide bonds. The summed E-state index contributed by atoms with van der Waals surface area (Å²) in [5, 5.41) is 10.5. The topological polar surface area (TPSA) is 89.9 Å². The number of ether oxygens (including phenoxy) is 2. The monoisotopic (exact) mass is 482 g/mol. The second-order valence-electron chi connectivity index (χ2n) is 9.24. The molecule has 0 heterocycles. The van der Waals surface area contributed by atoms with E-state index in [2.05, 4.69) is 0 Å². The van der Waals surface area contributed by atoms with Crippen molar-refractivity contribution in [3.8, 4) is 5.75 Å². The zero-order valence-corrected chi connectivity index (χ0v) is 20.1. The lowest BCUT2D eigenvalue weighted by molar-refractivity contribution is -0.157. The van der Waals surface area contributed by atoms with Crippen LogP contribution in [0.3, 0.4) is 0 Å². The maximum Gasteiger partial charge on any atom is 0.324 e. The molecule has 1 fully saturated rings. The second kappa shape index (κ2) is 8.79. The minimum Gasteiger partial charge on any atom is -0.508 e. The van der Waals surface area contributed by atoms with Crippen LogP contribution in [0.2, 0.25) is 0 Å². The Bertz CT molecular complexity index is 1380. The van der Waals surface area contributed by atoms with Crippen molar-refractivity contribution in [2.24, 2.45) is 16.7 Å². The Morgan fingerprint density at radius 1 is 0.806 bits per heavy atom. The number of aromatic hydroxyl groups is 1. The van der Waals surface area contributed by atoms with Gasteiger partial charge in [-0.1, -0.05) is 78.9 Å². The summed E-state index contributed by atoms with van der Waals surface area (Å²) in [6, 6.07) is 25.2. The molecule has 1 saturated carbocycles. The Balaban J connectivity index is 1.88. The molecule has 36 heavy (non-hydrogen) atoms. The number of esters is 2. The van der Waals surface area contributed by atoms with Crippen molar-refractivity contribution >= 4 is 28.9 Å². The van der Waals surface area contributed by atoms with Gasteiger partial charge in [-0.3, -0.25) is 14.4 Å². The minimum absolute atomic E-state index is 0.0580. The van der Waals surface area contributed by atoms with Gasteiger partial charge >= 0.3 is 11.9 Å². The van der Waals surface area contributed by atoms with Crippen molar-refractivity contribution in [3.05, 3.63) is 102 Å². The lowest BCUT2D eigenvalue weighted by atomic mass is 9.64.